The average Bonchev–Trinajstić information content (AvgIpc) is 2.56. The van der Waals surface area contributed by atoms with E-state index in [9.17, 15) is 9.59 Å². The van der Waals surface area contributed by atoms with E-state index >= 15 is 0 Å². The first-order valence-corrected chi connectivity index (χ1v) is 6.20. The molecule has 0 bridgehead atoms. The van der Waals surface area contributed by atoms with Gasteiger partial charge < -0.3 is 10.4 Å². The Morgan fingerprint density at radius 3 is 2.06 bits per heavy atom. The number of carbonyl (C=O) groups is 2. The second-order valence-electron chi connectivity index (χ2n) is 6.02. The molecule has 4 heteroatoms. The summed E-state index contributed by atoms with van der Waals surface area (Å²) in [5, 5.41) is 11.4. The predicted molar refractivity (Wildman–Crippen MR) is 65.5 cm³/mol. The minimum atomic E-state index is -0.777. The Kier molecular flexibility index (Phi) is 3.84. The molecular weight excluding hydrogens is 218 g/mol. The summed E-state index contributed by atoms with van der Waals surface area (Å²) < 4.78 is 0. The second-order valence-corrected chi connectivity index (χ2v) is 6.02. The zero-order valence-corrected chi connectivity index (χ0v) is 11.2. The van der Waals surface area contributed by atoms with Crippen LogP contribution in [0.3, 0.4) is 0 Å². The summed E-state index contributed by atoms with van der Waals surface area (Å²) in [7, 11) is 0. The number of hydrogen-bond donors (Lipinski definition) is 2. The van der Waals surface area contributed by atoms with Crippen LogP contribution in [0.2, 0.25) is 0 Å². The highest BCUT2D eigenvalue weighted by atomic mass is 16.4. The van der Waals surface area contributed by atoms with Gasteiger partial charge in [-0.15, -0.1) is 0 Å². The van der Waals surface area contributed by atoms with Gasteiger partial charge in [-0.3, -0.25) is 9.59 Å². The molecular formula is C13H23NO3. The highest BCUT2D eigenvalue weighted by Crippen LogP contribution is 2.68. The van der Waals surface area contributed by atoms with Gasteiger partial charge in [0, 0.05) is 18.9 Å². The Morgan fingerprint density at radius 2 is 1.65 bits per heavy atom. The summed E-state index contributed by atoms with van der Waals surface area (Å²) in [4.78, 5) is 22.2. The molecule has 0 aromatic rings. The van der Waals surface area contributed by atoms with E-state index in [0.717, 1.165) is 6.42 Å². The van der Waals surface area contributed by atoms with Crippen molar-refractivity contribution in [2.75, 3.05) is 6.54 Å². The van der Waals surface area contributed by atoms with E-state index in [1.807, 2.05) is 0 Å². The zero-order valence-electron chi connectivity index (χ0n) is 11.2. The summed E-state index contributed by atoms with van der Waals surface area (Å²) in [6.07, 6.45) is 1.52. The van der Waals surface area contributed by atoms with Crippen molar-refractivity contribution in [1.82, 2.24) is 5.32 Å². The van der Waals surface area contributed by atoms with Crippen LogP contribution >= 0.6 is 0 Å². The largest absolute Gasteiger partial charge is 0.481 e. The Morgan fingerprint density at radius 1 is 1.12 bits per heavy atom. The van der Waals surface area contributed by atoms with Crippen molar-refractivity contribution in [3.05, 3.63) is 0 Å². The van der Waals surface area contributed by atoms with Crippen molar-refractivity contribution < 1.29 is 14.7 Å². The lowest BCUT2D eigenvalue weighted by Gasteiger charge is -2.05. The predicted octanol–water partition coefficient (Wildman–Crippen LogP) is 2.04. The maximum Gasteiger partial charge on any atom is 0.303 e. The van der Waals surface area contributed by atoms with Crippen molar-refractivity contribution in [3.63, 3.8) is 0 Å². The third-order valence-corrected chi connectivity index (χ3v) is 4.40. The summed E-state index contributed by atoms with van der Waals surface area (Å²) in [5.74, 6) is -0.592. The molecule has 1 fully saturated rings. The number of nitrogens with one attached hydrogen (secondary N) is 1. The van der Waals surface area contributed by atoms with Crippen molar-refractivity contribution in [1.29, 1.82) is 0 Å². The van der Waals surface area contributed by atoms with Crippen LogP contribution in [0.15, 0.2) is 0 Å². The highest BCUT2D eigenvalue weighted by Gasteiger charge is 2.68. The summed E-state index contributed by atoms with van der Waals surface area (Å²) in [5.41, 5.74) is 0.135. The molecule has 98 valence electrons. The first-order valence-electron chi connectivity index (χ1n) is 6.20. The molecule has 4 nitrogen and oxygen atoms in total. The molecule has 1 aliphatic carbocycles. The molecule has 0 atom stereocenters. The monoisotopic (exact) mass is 241 g/mol. The number of amides is 1. The Balaban J connectivity index is 2.22. The molecule has 0 aromatic carbocycles. The lowest BCUT2D eigenvalue weighted by atomic mass is 10.0. The van der Waals surface area contributed by atoms with Crippen LogP contribution in [-0.2, 0) is 9.59 Å². The molecule has 0 saturated heterocycles. The summed E-state index contributed by atoms with van der Waals surface area (Å²) in [6, 6.07) is 0. The highest BCUT2D eigenvalue weighted by molar-refractivity contribution is 5.84. The fourth-order valence-corrected chi connectivity index (χ4v) is 2.57. The molecule has 0 unspecified atom stereocenters. The minimum absolute atomic E-state index is 0.0676. The summed E-state index contributed by atoms with van der Waals surface area (Å²) in [6.45, 7) is 9.03. The molecule has 0 spiro atoms. The number of rotatable bonds is 6. The average molecular weight is 241 g/mol. The van der Waals surface area contributed by atoms with E-state index in [-0.39, 0.29) is 29.1 Å². The van der Waals surface area contributed by atoms with Gasteiger partial charge in [-0.2, -0.15) is 0 Å². The van der Waals surface area contributed by atoms with Gasteiger partial charge in [0.25, 0.3) is 0 Å². The summed E-state index contributed by atoms with van der Waals surface area (Å²) >= 11 is 0. The number of unbranched alkanes of at least 4 members (excludes halogenated alkanes) is 1. The number of carboxylic acid groups (broad SMARTS) is 1. The number of carbonyl (C=O) groups excluding carboxylic acids is 1. The smallest absolute Gasteiger partial charge is 0.303 e. The first kappa shape index (κ1) is 14.0. The standard InChI is InChI=1S/C13H23NO3/c1-12(2)10(13(12,3)4)11(17)14-8-6-5-7-9(15)16/h10H,5-8H2,1-4H3,(H,14,17)(H,15,16). The molecule has 2 N–H and O–H groups in total. The fraction of sp³-hybridized carbons (Fsp3) is 0.846. The number of carboxylic acids is 1. The van der Waals surface area contributed by atoms with Gasteiger partial charge in [0.15, 0.2) is 0 Å². The van der Waals surface area contributed by atoms with Crippen molar-refractivity contribution in [2.24, 2.45) is 16.7 Å². The fourth-order valence-electron chi connectivity index (χ4n) is 2.57. The minimum Gasteiger partial charge on any atom is -0.481 e. The lowest BCUT2D eigenvalue weighted by Crippen LogP contribution is -2.28. The van der Waals surface area contributed by atoms with Crippen LogP contribution in [0.25, 0.3) is 0 Å². The van der Waals surface area contributed by atoms with Gasteiger partial charge >= 0.3 is 5.97 Å². The Hall–Kier alpha value is -1.06. The van der Waals surface area contributed by atoms with E-state index in [1.54, 1.807) is 0 Å². The molecule has 0 aliphatic heterocycles. The van der Waals surface area contributed by atoms with E-state index in [4.69, 9.17) is 5.11 Å². The molecule has 17 heavy (non-hydrogen) atoms. The van der Waals surface area contributed by atoms with E-state index in [1.165, 1.54) is 0 Å². The van der Waals surface area contributed by atoms with Crippen molar-refractivity contribution >= 4 is 11.9 Å². The van der Waals surface area contributed by atoms with Crippen LogP contribution in [0.4, 0.5) is 0 Å². The Labute approximate surface area is 103 Å². The Bertz CT molecular complexity index is 307. The molecule has 0 radical (unpaired) electrons. The van der Waals surface area contributed by atoms with E-state index in [0.29, 0.717) is 13.0 Å². The van der Waals surface area contributed by atoms with Gasteiger partial charge in [-0.05, 0) is 23.7 Å². The van der Waals surface area contributed by atoms with Crippen LogP contribution in [0.5, 0.6) is 0 Å². The maximum absolute atomic E-state index is 11.9. The molecule has 1 rings (SSSR count). The normalized spacial score (nSPS) is 20.9. The van der Waals surface area contributed by atoms with Gasteiger partial charge in [-0.1, -0.05) is 27.7 Å². The van der Waals surface area contributed by atoms with Gasteiger partial charge in [-0.25, -0.2) is 0 Å². The SMILES string of the molecule is CC1(C)C(C(=O)NCCCCC(=O)O)C1(C)C. The topological polar surface area (TPSA) is 66.4 Å². The van der Waals surface area contributed by atoms with Gasteiger partial charge in [0.2, 0.25) is 5.91 Å². The van der Waals surface area contributed by atoms with Crippen molar-refractivity contribution in [3.8, 4) is 0 Å². The van der Waals surface area contributed by atoms with Crippen LogP contribution in [0, 0.1) is 16.7 Å². The van der Waals surface area contributed by atoms with Crippen LogP contribution < -0.4 is 5.32 Å². The molecule has 0 heterocycles. The van der Waals surface area contributed by atoms with Crippen LogP contribution in [0.1, 0.15) is 47.0 Å². The quantitative estimate of drug-likeness (QED) is 0.699. The maximum atomic E-state index is 11.9. The van der Waals surface area contributed by atoms with E-state index in [2.05, 4.69) is 33.0 Å². The number of hydrogen-bond acceptors (Lipinski definition) is 2. The van der Waals surface area contributed by atoms with Crippen molar-refractivity contribution in [2.45, 2.75) is 47.0 Å². The number of aliphatic carboxylic acids is 1. The van der Waals surface area contributed by atoms with Gasteiger partial charge in [0.1, 0.15) is 0 Å². The second kappa shape index (κ2) is 4.67. The first-order chi connectivity index (χ1) is 7.71. The molecule has 0 aromatic heterocycles. The lowest BCUT2D eigenvalue weighted by molar-refractivity contribution is -0.137. The molecule has 1 amide bonds. The van der Waals surface area contributed by atoms with Gasteiger partial charge in [0.05, 0.1) is 0 Å². The van der Waals surface area contributed by atoms with Crippen LogP contribution in [-0.4, -0.2) is 23.5 Å². The zero-order chi connectivity index (χ0) is 13.3. The third-order valence-electron chi connectivity index (χ3n) is 4.40. The van der Waals surface area contributed by atoms with E-state index < -0.39 is 5.97 Å². The molecule has 1 aliphatic rings. The third kappa shape index (κ3) is 2.79. The molecule has 1 saturated carbocycles.